The van der Waals surface area contributed by atoms with Gasteiger partial charge in [-0.05, 0) is 55.5 Å². The molecule has 11 heteroatoms. The number of amides is 1. The molecular weight excluding hydrogens is 458 g/mol. The number of carbonyl (C=O) groups excluding carboxylic acids is 1. The first kappa shape index (κ1) is 25.6. The second-order valence-corrected chi connectivity index (χ2v) is 7.49. The van der Waals surface area contributed by atoms with E-state index in [0.29, 0.717) is 27.6 Å². The number of benzene rings is 2. The van der Waals surface area contributed by atoms with Crippen molar-refractivity contribution in [3.05, 3.63) is 89.3 Å². The summed E-state index contributed by atoms with van der Waals surface area (Å²) in [6.07, 6.45) is -0.465. The van der Waals surface area contributed by atoms with Crippen molar-refractivity contribution in [1.29, 1.82) is 0 Å². The first-order valence-corrected chi connectivity index (χ1v) is 10.4. The lowest BCUT2D eigenvalue weighted by atomic mass is 10.1. The number of nitrogens with zero attached hydrogens (tertiary/aromatic N) is 1. The summed E-state index contributed by atoms with van der Waals surface area (Å²) in [5.41, 5.74) is 3.57. The number of hydrogen-bond acceptors (Lipinski definition) is 10. The van der Waals surface area contributed by atoms with E-state index in [2.05, 4.69) is 17.2 Å². The van der Waals surface area contributed by atoms with E-state index >= 15 is 0 Å². The number of hydroxylamine groups is 3. The zero-order chi connectivity index (χ0) is 25.4. The van der Waals surface area contributed by atoms with Crippen LogP contribution in [0.3, 0.4) is 0 Å². The Labute approximate surface area is 201 Å². The van der Waals surface area contributed by atoms with Crippen LogP contribution in [-0.4, -0.2) is 61.7 Å². The molecular formula is C24H25N3O8. The molecule has 1 aliphatic heterocycles. The average molecular weight is 483 g/mol. The zero-order valence-electron chi connectivity index (χ0n) is 18.6. The first-order chi connectivity index (χ1) is 16.8. The Morgan fingerprint density at radius 3 is 2.23 bits per heavy atom. The zero-order valence-corrected chi connectivity index (χ0v) is 18.6. The summed E-state index contributed by atoms with van der Waals surface area (Å²) in [6, 6.07) is 12.3. The SMILES string of the molecule is C[C@@H](O)[C@H](NC(=O)c1ccc(C#Cc2ccc(OCC3=COC(O)=CN3O)cc2)cc1)C(O)NO. The predicted molar refractivity (Wildman–Crippen MR) is 122 cm³/mol. The minimum absolute atomic E-state index is 0.0126. The largest absolute Gasteiger partial charge is 0.487 e. The van der Waals surface area contributed by atoms with Gasteiger partial charge in [0.2, 0.25) is 0 Å². The molecule has 3 atom stereocenters. The molecule has 1 amide bonds. The highest BCUT2D eigenvalue weighted by atomic mass is 16.6. The van der Waals surface area contributed by atoms with Crippen LogP contribution in [0.15, 0.2) is 72.6 Å². The predicted octanol–water partition coefficient (Wildman–Crippen LogP) is 1.16. The highest BCUT2D eigenvalue weighted by Crippen LogP contribution is 2.16. The van der Waals surface area contributed by atoms with E-state index < -0.39 is 30.2 Å². The Morgan fingerprint density at radius 2 is 1.69 bits per heavy atom. The molecule has 1 heterocycles. The average Bonchev–Trinajstić information content (AvgIpc) is 2.85. The van der Waals surface area contributed by atoms with Gasteiger partial charge in [-0.15, -0.1) is 0 Å². The Balaban J connectivity index is 1.56. The van der Waals surface area contributed by atoms with Crippen molar-refractivity contribution in [3.63, 3.8) is 0 Å². The molecule has 2 aromatic rings. The fourth-order valence-corrected chi connectivity index (χ4v) is 2.92. The van der Waals surface area contributed by atoms with Gasteiger partial charge in [0.15, 0.2) is 0 Å². The van der Waals surface area contributed by atoms with Crippen molar-refractivity contribution in [3.8, 4) is 17.6 Å². The minimum atomic E-state index is -1.53. The molecule has 1 aliphatic rings. The molecule has 184 valence electrons. The van der Waals surface area contributed by atoms with Crippen LogP contribution in [0.2, 0.25) is 0 Å². The number of nitrogens with one attached hydrogen (secondary N) is 2. The molecule has 0 saturated carbocycles. The van der Waals surface area contributed by atoms with Crippen molar-refractivity contribution < 1.29 is 40.0 Å². The summed E-state index contributed by atoms with van der Waals surface area (Å²) in [4.78, 5) is 12.4. The van der Waals surface area contributed by atoms with Crippen molar-refractivity contribution >= 4 is 5.91 Å². The second kappa shape index (κ2) is 11.9. The summed E-state index contributed by atoms with van der Waals surface area (Å²) in [7, 11) is 0. The Morgan fingerprint density at radius 1 is 1.09 bits per heavy atom. The molecule has 11 nitrogen and oxygen atoms in total. The van der Waals surface area contributed by atoms with Gasteiger partial charge in [0.25, 0.3) is 5.91 Å². The topological polar surface area (TPSA) is 164 Å². The molecule has 3 rings (SSSR count). The van der Waals surface area contributed by atoms with E-state index in [4.69, 9.17) is 19.8 Å². The van der Waals surface area contributed by atoms with Crippen LogP contribution in [0.4, 0.5) is 0 Å². The van der Waals surface area contributed by atoms with Crippen molar-refractivity contribution in [2.75, 3.05) is 6.61 Å². The van der Waals surface area contributed by atoms with Gasteiger partial charge in [-0.1, -0.05) is 11.8 Å². The van der Waals surface area contributed by atoms with Crippen LogP contribution in [0, 0.1) is 11.8 Å². The molecule has 1 unspecified atom stereocenters. The maximum Gasteiger partial charge on any atom is 0.301 e. The molecule has 0 radical (unpaired) electrons. The van der Waals surface area contributed by atoms with E-state index in [1.807, 2.05) is 0 Å². The van der Waals surface area contributed by atoms with E-state index in [1.54, 1.807) is 54.0 Å². The quantitative estimate of drug-likeness (QED) is 0.165. The standard InChI is InChI=1S/C24H25N3O8/c1-15(28)22(24(31)26-32)25-23(30)18-8-4-16(5-9-18)2-3-17-6-10-20(11-7-17)34-13-19-14-35-21(29)12-27(19)33/h4-12,14-15,22,24,26,28-29,31-33H,13H2,1H3,(H,25,30)/t15-,22+,24?/m1/s1. The van der Waals surface area contributed by atoms with Gasteiger partial charge in [-0.2, -0.15) is 5.48 Å². The maximum atomic E-state index is 12.4. The lowest BCUT2D eigenvalue weighted by molar-refractivity contribution is -0.0463. The summed E-state index contributed by atoms with van der Waals surface area (Å²) >= 11 is 0. The van der Waals surface area contributed by atoms with Gasteiger partial charge in [0, 0.05) is 16.7 Å². The third-order valence-electron chi connectivity index (χ3n) is 4.87. The minimum Gasteiger partial charge on any atom is -0.487 e. The third-order valence-corrected chi connectivity index (χ3v) is 4.87. The van der Waals surface area contributed by atoms with E-state index in [0.717, 1.165) is 11.8 Å². The van der Waals surface area contributed by atoms with E-state index in [-0.39, 0.29) is 6.61 Å². The third kappa shape index (κ3) is 7.21. The summed E-state index contributed by atoms with van der Waals surface area (Å²) in [6.45, 7) is 1.39. The normalized spacial score (nSPS) is 15.4. The first-order valence-electron chi connectivity index (χ1n) is 10.4. The molecule has 0 saturated heterocycles. The molecule has 2 aromatic carbocycles. The summed E-state index contributed by atoms with van der Waals surface area (Å²) in [5.74, 6) is 5.56. The molecule has 0 spiro atoms. The van der Waals surface area contributed by atoms with E-state index in [1.165, 1.54) is 13.2 Å². The molecule has 0 bridgehead atoms. The number of hydrogen-bond donors (Lipinski definition) is 7. The van der Waals surface area contributed by atoms with Gasteiger partial charge in [0.1, 0.15) is 36.7 Å². The lowest BCUT2D eigenvalue weighted by Crippen LogP contribution is -2.54. The van der Waals surface area contributed by atoms with Gasteiger partial charge >= 0.3 is 5.95 Å². The monoisotopic (exact) mass is 483 g/mol. The highest BCUT2D eigenvalue weighted by Gasteiger charge is 2.25. The fraction of sp³-hybridized carbons (Fsp3) is 0.208. The van der Waals surface area contributed by atoms with Crippen LogP contribution >= 0.6 is 0 Å². The highest BCUT2D eigenvalue weighted by molar-refractivity contribution is 5.94. The maximum absolute atomic E-state index is 12.4. The number of rotatable bonds is 8. The Bertz CT molecular complexity index is 1130. The molecule has 0 aromatic heterocycles. The van der Waals surface area contributed by atoms with Crippen molar-refractivity contribution in [2.45, 2.75) is 25.3 Å². The van der Waals surface area contributed by atoms with Gasteiger partial charge in [-0.25, -0.2) is 5.06 Å². The van der Waals surface area contributed by atoms with Gasteiger partial charge < -0.3 is 35.3 Å². The lowest BCUT2D eigenvalue weighted by Gasteiger charge is -2.25. The van der Waals surface area contributed by atoms with Crippen LogP contribution < -0.4 is 15.5 Å². The van der Waals surface area contributed by atoms with Crippen molar-refractivity contribution in [1.82, 2.24) is 15.9 Å². The molecule has 7 N–H and O–H groups in total. The Kier molecular flexibility index (Phi) is 8.69. The van der Waals surface area contributed by atoms with Gasteiger partial charge in [0.05, 0.1) is 12.1 Å². The number of carbonyl (C=O) groups is 1. The van der Waals surface area contributed by atoms with Crippen LogP contribution in [-0.2, 0) is 4.74 Å². The number of ether oxygens (including phenoxy) is 2. The number of aliphatic hydroxyl groups excluding tert-OH is 3. The van der Waals surface area contributed by atoms with Crippen LogP contribution in [0.1, 0.15) is 28.4 Å². The number of aliphatic hydroxyl groups is 3. The second-order valence-electron chi connectivity index (χ2n) is 7.49. The van der Waals surface area contributed by atoms with Crippen molar-refractivity contribution in [2.24, 2.45) is 0 Å². The molecule has 0 fully saturated rings. The van der Waals surface area contributed by atoms with Crippen LogP contribution in [0.25, 0.3) is 0 Å². The molecule has 35 heavy (non-hydrogen) atoms. The Hall–Kier alpha value is -4.05. The van der Waals surface area contributed by atoms with E-state index in [9.17, 15) is 20.2 Å². The molecule has 0 aliphatic carbocycles. The van der Waals surface area contributed by atoms with Gasteiger partial charge in [-0.3, -0.25) is 10.0 Å². The smallest absolute Gasteiger partial charge is 0.301 e. The summed E-state index contributed by atoms with van der Waals surface area (Å²) in [5, 5.41) is 50.1. The fourth-order valence-electron chi connectivity index (χ4n) is 2.92. The summed E-state index contributed by atoms with van der Waals surface area (Å²) < 4.78 is 10.4. The van der Waals surface area contributed by atoms with Crippen LogP contribution in [0.5, 0.6) is 5.75 Å².